The number of hydrogen-bond donors (Lipinski definition) is 1. The minimum absolute atomic E-state index is 0.138. The van der Waals surface area contributed by atoms with Gasteiger partial charge in [0.15, 0.2) is 0 Å². The van der Waals surface area contributed by atoms with Crippen LogP contribution in [0.3, 0.4) is 0 Å². The number of carbonyl (C=O) groups excluding carboxylic acids is 1. The van der Waals surface area contributed by atoms with E-state index in [4.69, 9.17) is 0 Å². The van der Waals surface area contributed by atoms with Crippen molar-refractivity contribution < 1.29 is 4.79 Å². The Bertz CT molecular complexity index is 1190. The van der Waals surface area contributed by atoms with Crippen LogP contribution in [0.15, 0.2) is 78.2 Å². The summed E-state index contributed by atoms with van der Waals surface area (Å²) in [5, 5.41) is 3.41. The maximum absolute atomic E-state index is 12.4. The molecular formula is C22H19N5O2. The number of carbonyl (C=O) groups is 1. The smallest absolute Gasteiger partial charge is 0.261 e. The Kier molecular flexibility index (Phi) is 5.38. The number of pyridine rings is 2. The standard InChI is InChI=1S/C22H19N5O2/c28-21(9-11-27-15-26-20-6-2-1-5-18(20)22(27)29)25-13-16-7-8-19(24-12-16)17-4-3-10-23-14-17/h1-8,10,12,14-15H,9,11,13H2,(H,25,28). The van der Waals surface area contributed by atoms with Crippen molar-refractivity contribution >= 4 is 16.8 Å². The predicted molar refractivity (Wildman–Crippen MR) is 110 cm³/mol. The quantitative estimate of drug-likeness (QED) is 0.551. The molecule has 0 aliphatic heterocycles. The molecule has 0 spiro atoms. The highest BCUT2D eigenvalue weighted by Gasteiger charge is 2.07. The molecule has 1 amide bonds. The van der Waals surface area contributed by atoms with E-state index in [1.807, 2.05) is 30.3 Å². The van der Waals surface area contributed by atoms with Crippen LogP contribution in [-0.4, -0.2) is 25.4 Å². The number of amides is 1. The van der Waals surface area contributed by atoms with E-state index in [1.54, 1.807) is 36.8 Å². The van der Waals surface area contributed by atoms with Crippen molar-refractivity contribution in [3.8, 4) is 11.3 Å². The van der Waals surface area contributed by atoms with Crippen LogP contribution in [0.1, 0.15) is 12.0 Å². The van der Waals surface area contributed by atoms with Gasteiger partial charge in [-0.05, 0) is 35.9 Å². The Morgan fingerprint density at radius 1 is 1.00 bits per heavy atom. The van der Waals surface area contributed by atoms with Gasteiger partial charge in [-0.3, -0.25) is 24.1 Å². The van der Waals surface area contributed by atoms with Crippen molar-refractivity contribution in [1.82, 2.24) is 24.8 Å². The highest BCUT2D eigenvalue weighted by molar-refractivity contribution is 5.77. The number of aromatic nitrogens is 4. The lowest BCUT2D eigenvalue weighted by Crippen LogP contribution is -2.27. The number of benzene rings is 1. The summed E-state index contributed by atoms with van der Waals surface area (Å²) in [4.78, 5) is 37.4. The number of aryl methyl sites for hydroxylation is 1. The number of nitrogens with zero attached hydrogens (tertiary/aromatic N) is 4. The van der Waals surface area contributed by atoms with Gasteiger partial charge < -0.3 is 5.32 Å². The lowest BCUT2D eigenvalue weighted by atomic mass is 10.1. The molecule has 1 N–H and O–H groups in total. The molecule has 7 nitrogen and oxygen atoms in total. The molecule has 0 saturated heterocycles. The summed E-state index contributed by atoms with van der Waals surface area (Å²) in [5.41, 5.74) is 3.18. The Hall–Kier alpha value is -3.87. The van der Waals surface area contributed by atoms with Gasteiger partial charge in [-0.1, -0.05) is 18.2 Å². The van der Waals surface area contributed by atoms with Crippen LogP contribution < -0.4 is 10.9 Å². The minimum Gasteiger partial charge on any atom is -0.352 e. The third-order valence-corrected chi connectivity index (χ3v) is 4.58. The van der Waals surface area contributed by atoms with E-state index in [0.717, 1.165) is 16.8 Å². The van der Waals surface area contributed by atoms with E-state index in [1.165, 1.54) is 10.9 Å². The highest BCUT2D eigenvalue weighted by atomic mass is 16.1. The fraction of sp³-hybridized carbons (Fsp3) is 0.136. The van der Waals surface area contributed by atoms with Crippen LogP contribution in [0.25, 0.3) is 22.2 Å². The van der Waals surface area contributed by atoms with Gasteiger partial charge in [0.2, 0.25) is 5.91 Å². The molecule has 0 unspecified atom stereocenters. The maximum atomic E-state index is 12.4. The number of hydrogen-bond acceptors (Lipinski definition) is 5. The zero-order valence-corrected chi connectivity index (χ0v) is 15.7. The average Bonchev–Trinajstić information content (AvgIpc) is 2.78. The highest BCUT2D eigenvalue weighted by Crippen LogP contribution is 2.15. The third kappa shape index (κ3) is 4.35. The summed E-state index contributed by atoms with van der Waals surface area (Å²) in [6.07, 6.45) is 6.89. The average molecular weight is 385 g/mol. The molecule has 144 valence electrons. The first-order valence-electron chi connectivity index (χ1n) is 9.27. The molecule has 0 atom stereocenters. The van der Waals surface area contributed by atoms with Crippen molar-refractivity contribution in [2.75, 3.05) is 0 Å². The topological polar surface area (TPSA) is 89.8 Å². The maximum Gasteiger partial charge on any atom is 0.261 e. The van der Waals surface area contributed by atoms with Crippen LogP contribution >= 0.6 is 0 Å². The van der Waals surface area contributed by atoms with Crippen LogP contribution in [0, 0.1) is 0 Å². The number of nitrogens with one attached hydrogen (secondary N) is 1. The van der Waals surface area contributed by atoms with E-state index in [0.29, 0.717) is 17.4 Å². The van der Waals surface area contributed by atoms with E-state index < -0.39 is 0 Å². The van der Waals surface area contributed by atoms with Gasteiger partial charge in [0.25, 0.3) is 5.56 Å². The molecule has 4 rings (SSSR count). The zero-order valence-electron chi connectivity index (χ0n) is 15.7. The zero-order chi connectivity index (χ0) is 20.1. The summed E-state index contributed by atoms with van der Waals surface area (Å²) < 4.78 is 1.46. The first-order chi connectivity index (χ1) is 14.2. The van der Waals surface area contributed by atoms with Crippen LogP contribution in [-0.2, 0) is 17.9 Å². The van der Waals surface area contributed by atoms with Crippen molar-refractivity contribution in [1.29, 1.82) is 0 Å². The Morgan fingerprint density at radius 3 is 2.69 bits per heavy atom. The number of para-hydroxylation sites is 1. The molecule has 0 aliphatic carbocycles. The first-order valence-corrected chi connectivity index (χ1v) is 9.27. The lowest BCUT2D eigenvalue weighted by molar-refractivity contribution is -0.121. The van der Waals surface area contributed by atoms with Gasteiger partial charge >= 0.3 is 0 Å². The summed E-state index contributed by atoms with van der Waals surface area (Å²) in [6, 6.07) is 14.8. The number of rotatable bonds is 6. The van der Waals surface area contributed by atoms with Gasteiger partial charge in [-0.2, -0.15) is 0 Å². The first kappa shape index (κ1) is 18.5. The molecule has 7 heteroatoms. The van der Waals surface area contributed by atoms with Crippen molar-refractivity contribution in [3.63, 3.8) is 0 Å². The van der Waals surface area contributed by atoms with Crippen LogP contribution in [0.2, 0.25) is 0 Å². The van der Waals surface area contributed by atoms with Gasteiger partial charge in [-0.15, -0.1) is 0 Å². The summed E-state index contributed by atoms with van der Waals surface area (Å²) in [5.74, 6) is -0.138. The molecule has 0 radical (unpaired) electrons. The van der Waals surface area contributed by atoms with Crippen LogP contribution in [0.4, 0.5) is 0 Å². The lowest BCUT2D eigenvalue weighted by Gasteiger charge is -2.08. The SMILES string of the molecule is O=C(CCn1cnc2ccccc2c1=O)NCc1ccc(-c2cccnc2)nc1. The van der Waals surface area contributed by atoms with Crippen molar-refractivity contribution in [2.45, 2.75) is 19.5 Å². The second-order valence-electron chi connectivity index (χ2n) is 6.58. The monoisotopic (exact) mass is 385 g/mol. The van der Waals surface area contributed by atoms with Crippen molar-refractivity contribution in [3.05, 3.63) is 89.4 Å². The Balaban J connectivity index is 1.32. The molecule has 0 saturated carbocycles. The third-order valence-electron chi connectivity index (χ3n) is 4.58. The molecule has 0 bridgehead atoms. The van der Waals surface area contributed by atoms with E-state index in [9.17, 15) is 9.59 Å². The summed E-state index contributed by atoms with van der Waals surface area (Å²) >= 11 is 0. The largest absolute Gasteiger partial charge is 0.352 e. The Labute approximate surface area is 167 Å². The van der Waals surface area contributed by atoms with E-state index in [2.05, 4.69) is 20.3 Å². The number of fused-ring (bicyclic) bond motifs is 1. The normalized spacial score (nSPS) is 10.8. The Morgan fingerprint density at radius 2 is 1.90 bits per heavy atom. The molecule has 1 aromatic carbocycles. The summed E-state index contributed by atoms with van der Waals surface area (Å²) in [7, 11) is 0. The van der Waals surface area contributed by atoms with Gasteiger partial charge in [-0.25, -0.2) is 4.98 Å². The molecule has 4 aromatic rings. The molecule has 29 heavy (non-hydrogen) atoms. The van der Waals surface area contributed by atoms with Crippen LogP contribution in [0.5, 0.6) is 0 Å². The molecular weight excluding hydrogens is 366 g/mol. The van der Waals surface area contributed by atoms with Gasteiger partial charge in [0.05, 0.1) is 22.9 Å². The minimum atomic E-state index is -0.140. The second kappa shape index (κ2) is 8.43. The summed E-state index contributed by atoms with van der Waals surface area (Å²) in [6.45, 7) is 0.657. The van der Waals surface area contributed by atoms with E-state index >= 15 is 0 Å². The molecule has 0 aliphatic rings. The van der Waals surface area contributed by atoms with Crippen molar-refractivity contribution in [2.24, 2.45) is 0 Å². The fourth-order valence-corrected chi connectivity index (χ4v) is 2.99. The molecule has 3 aromatic heterocycles. The predicted octanol–water partition coefficient (Wildman–Crippen LogP) is 2.56. The van der Waals surface area contributed by atoms with Gasteiger partial charge in [0.1, 0.15) is 0 Å². The fourth-order valence-electron chi connectivity index (χ4n) is 2.99. The second-order valence-corrected chi connectivity index (χ2v) is 6.58. The van der Waals surface area contributed by atoms with E-state index in [-0.39, 0.29) is 24.4 Å². The molecule has 3 heterocycles. The van der Waals surface area contributed by atoms with Gasteiger partial charge in [0, 0.05) is 43.7 Å². The molecule has 0 fully saturated rings.